The molecule has 0 saturated carbocycles. The molecule has 0 bridgehead atoms. The van der Waals surface area contributed by atoms with Gasteiger partial charge in [-0.2, -0.15) is 5.26 Å². The first kappa shape index (κ1) is 25.0. The van der Waals surface area contributed by atoms with Crippen LogP contribution in [0.1, 0.15) is 25.1 Å². The Bertz CT molecular complexity index is 1370. The highest BCUT2D eigenvalue weighted by molar-refractivity contribution is 9.10. The number of benzene rings is 1. The number of nitriles is 1. The normalized spacial score (nSPS) is 19.1. The number of rotatable bonds is 4. The van der Waals surface area contributed by atoms with E-state index >= 15 is 0 Å². The average Bonchev–Trinajstić information content (AvgIpc) is 2.79. The van der Waals surface area contributed by atoms with Crippen molar-refractivity contribution in [1.82, 2.24) is 14.5 Å². The molecule has 0 amide bonds. The monoisotopic (exact) mass is 549 g/mol. The molecule has 11 heteroatoms. The molecular formula is C24H23BrF3N5O2. The number of nitrogens with zero attached hydrogens (tertiary/aromatic N) is 5. The lowest BCUT2D eigenvalue weighted by molar-refractivity contribution is -0.274. The SMILES string of the molecule is C[C@@H]1CN(c2cc(=O)n(C)c3ccc(C#N)nc23)[C@@H](C)CN1Cc1ccc(OC(F)(F)F)c(Br)c1. The van der Waals surface area contributed by atoms with Gasteiger partial charge in [0.2, 0.25) is 0 Å². The first-order chi connectivity index (χ1) is 16.5. The van der Waals surface area contributed by atoms with Crippen molar-refractivity contribution >= 4 is 32.7 Å². The molecule has 0 radical (unpaired) electrons. The number of aromatic nitrogens is 2. The summed E-state index contributed by atoms with van der Waals surface area (Å²) in [5, 5.41) is 9.32. The van der Waals surface area contributed by atoms with E-state index in [1.54, 1.807) is 37.4 Å². The van der Waals surface area contributed by atoms with Crippen LogP contribution in [-0.4, -0.2) is 46.0 Å². The topological polar surface area (TPSA) is 74.4 Å². The van der Waals surface area contributed by atoms with Gasteiger partial charge in [-0.3, -0.25) is 9.69 Å². The van der Waals surface area contributed by atoms with E-state index in [2.05, 4.69) is 48.4 Å². The number of pyridine rings is 2. The van der Waals surface area contributed by atoms with E-state index in [1.807, 2.05) is 6.92 Å². The van der Waals surface area contributed by atoms with E-state index < -0.39 is 6.36 Å². The number of aryl methyl sites for hydroxylation is 1. The number of fused-ring (bicyclic) bond motifs is 1. The van der Waals surface area contributed by atoms with Gasteiger partial charge in [0.05, 0.1) is 15.7 Å². The average molecular weight is 550 g/mol. The van der Waals surface area contributed by atoms with Crippen LogP contribution < -0.4 is 15.2 Å². The molecule has 7 nitrogen and oxygen atoms in total. The minimum absolute atomic E-state index is 0.0188. The van der Waals surface area contributed by atoms with Crippen molar-refractivity contribution in [3.8, 4) is 11.8 Å². The molecule has 35 heavy (non-hydrogen) atoms. The fourth-order valence-corrected chi connectivity index (χ4v) is 4.94. The Morgan fingerprint density at radius 2 is 1.91 bits per heavy atom. The van der Waals surface area contributed by atoms with Crippen molar-refractivity contribution in [1.29, 1.82) is 5.26 Å². The van der Waals surface area contributed by atoms with Crippen LogP contribution in [0.25, 0.3) is 11.0 Å². The molecule has 4 rings (SSSR count). The summed E-state index contributed by atoms with van der Waals surface area (Å²) in [6.07, 6.45) is -4.75. The molecule has 1 aliphatic heterocycles. The van der Waals surface area contributed by atoms with E-state index in [1.165, 1.54) is 10.6 Å². The second-order valence-corrected chi connectivity index (χ2v) is 9.55. The Morgan fingerprint density at radius 1 is 1.17 bits per heavy atom. The molecular weight excluding hydrogens is 527 g/mol. The quantitative estimate of drug-likeness (QED) is 0.474. The first-order valence-corrected chi connectivity index (χ1v) is 11.7. The standard InChI is InChI=1S/C24H23BrF3N5O2/c1-14-12-33(20-9-22(34)31(3)19-6-5-17(10-29)30-23(19)20)15(2)11-32(14)13-16-4-7-21(18(25)8-16)35-24(26,27)28/h4-9,14-15H,11-13H2,1-3H3/t14-,15+/m1/s1. The third-order valence-corrected chi connectivity index (χ3v) is 6.84. The van der Waals surface area contributed by atoms with Crippen molar-refractivity contribution in [2.75, 3.05) is 18.0 Å². The van der Waals surface area contributed by atoms with Crippen LogP contribution in [0, 0.1) is 11.3 Å². The Hall–Kier alpha value is -3.10. The smallest absolute Gasteiger partial charge is 0.405 e. The maximum Gasteiger partial charge on any atom is 0.573 e. The van der Waals surface area contributed by atoms with Gasteiger partial charge >= 0.3 is 6.36 Å². The number of halogens is 4. The summed E-state index contributed by atoms with van der Waals surface area (Å²) in [5.74, 6) is -0.283. The number of ether oxygens (including phenoxy) is 1. The first-order valence-electron chi connectivity index (χ1n) is 10.9. The number of hydrogen-bond donors (Lipinski definition) is 0. The van der Waals surface area contributed by atoms with E-state index in [0.29, 0.717) is 36.4 Å². The van der Waals surface area contributed by atoms with E-state index in [0.717, 1.165) is 5.56 Å². The zero-order valence-electron chi connectivity index (χ0n) is 19.3. The minimum atomic E-state index is -4.75. The van der Waals surface area contributed by atoms with Crippen LogP contribution in [0.3, 0.4) is 0 Å². The van der Waals surface area contributed by atoms with Gasteiger partial charge in [-0.1, -0.05) is 6.07 Å². The number of anilines is 1. The summed E-state index contributed by atoms with van der Waals surface area (Å²) in [7, 11) is 1.68. The molecule has 1 aromatic carbocycles. The number of piperazine rings is 1. The van der Waals surface area contributed by atoms with Crippen LogP contribution >= 0.6 is 15.9 Å². The van der Waals surface area contributed by atoms with Crippen molar-refractivity contribution < 1.29 is 17.9 Å². The van der Waals surface area contributed by atoms with Crippen LogP contribution in [-0.2, 0) is 13.6 Å². The lowest BCUT2D eigenvalue weighted by atomic mass is 10.0. The molecule has 0 N–H and O–H groups in total. The van der Waals surface area contributed by atoms with Crippen molar-refractivity contribution in [3.63, 3.8) is 0 Å². The number of hydrogen-bond acceptors (Lipinski definition) is 6. The fourth-order valence-electron chi connectivity index (χ4n) is 4.43. The summed E-state index contributed by atoms with van der Waals surface area (Å²) in [6, 6.07) is 11.6. The summed E-state index contributed by atoms with van der Waals surface area (Å²) in [4.78, 5) is 21.5. The molecule has 3 aromatic rings. The minimum Gasteiger partial charge on any atom is -0.405 e. The lowest BCUT2D eigenvalue weighted by Crippen LogP contribution is -2.56. The molecule has 2 aromatic heterocycles. The molecule has 0 spiro atoms. The third kappa shape index (κ3) is 5.28. The van der Waals surface area contributed by atoms with Gasteiger partial charge in [0.25, 0.3) is 5.56 Å². The van der Waals surface area contributed by atoms with Gasteiger partial charge in [-0.15, -0.1) is 13.2 Å². The second kappa shape index (κ2) is 9.51. The van der Waals surface area contributed by atoms with Crippen LogP contribution in [0.4, 0.5) is 18.9 Å². The van der Waals surface area contributed by atoms with E-state index in [-0.39, 0.29) is 33.6 Å². The Balaban J connectivity index is 1.58. The lowest BCUT2D eigenvalue weighted by Gasteiger charge is -2.45. The van der Waals surface area contributed by atoms with E-state index in [9.17, 15) is 23.2 Å². The zero-order chi connectivity index (χ0) is 25.5. The fraction of sp³-hybridized carbons (Fsp3) is 0.375. The summed E-state index contributed by atoms with van der Waals surface area (Å²) in [6.45, 7) is 5.92. The zero-order valence-corrected chi connectivity index (χ0v) is 20.9. The molecule has 3 heterocycles. The van der Waals surface area contributed by atoms with Crippen molar-refractivity contribution in [3.05, 3.63) is 62.5 Å². The molecule has 184 valence electrons. The summed E-state index contributed by atoms with van der Waals surface area (Å²) in [5.41, 5.74) is 2.91. The van der Waals surface area contributed by atoms with Gasteiger partial charge in [-0.25, -0.2) is 4.98 Å². The Labute approximate surface area is 208 Å². The largest absolute Gasteiger partial charge is 0.573 e. The van der Waals surface area contributed by atoms with Gasteiger partial charge in [-0.05, 0) is 59.6 Å². The second-order valence-electron chi connectivity index (χ2n) is 8.70. The van der Waals surface area contributed by atoms with Crippen LogP contribution in [0.2, 0.25) is 0 Å². The van der Waals surface area contributed by atoms with Crippen molar-refractivity contribution in [2.45, 2.75) is 38.8 Å². The number of alkyl halides is 3. The van der Waals surface area contributed by atoms with Gasteiger partial charge in [0.1, 0.15) is 23.0 Å². The predicted molar refractivity (Wildman–Crippen MR) is 129 cm³/mol. The molecule has 1 aliphatic rings. The molecule has 0 unspecified atom stereocenters. The van der Waals surface area contributed by atoms with Gasteiger partial charge < -0.3 is 14.2 Å². The maximum absolute atomic E-state index is 12.6. The highest BCUT2D eigenvalue weighted by Crippen LogP contribution is 2.33. The molecule has 1 fully saturated rings. The highest BCUT2D eigenvalue weighted by Gasteiger charge is 2.33. The van der Waals surface area contributed by atoms with Crippen LogP contribution in [0.5, 0.6) is 5.75 Å². The van der Waals surface area contributed by atoms with Crippen LogP contribution in [0.15, 0.2) is 45.7 Å². The maximum atomic E-state index is 12.6. The van der Waals surface area contributed by atoms with Crippen molar-refractivity contribution in [2.24, 2.45) is 7.05 Å². The Kier molecular flexibility index (Phi) is 6.79. The highest BCUT2D eigenvalue weighted by atomic mass is 79.9. The summed E-state index contributed by atoms with van der Waals surface area (Å²) >= 11 is 3.17. The molecule has 1 saturated heterocycles. The third-order valence-electron chi connectivity index (χ3n) is 6.22. The van der Waals surface area contributed by atoms with E-state index in [4.69, 9.17) is 0 Å². The van der Waals surface area contributed by atoms with Gasteiger partial charge in [0, 0.05) is 44.8 Å². The molecule has 2 atom stereocenters. The predicted octanol–water partition coefficient (Wildman–Crippen LogP) is 4.57. The Morgan fingerprint density at radius 3 is 2.57 bits per heavy atom. The molecule has 0 aliphatic carbocycles. The summed E-state index contributed by atoms with van der Waals surface area (Å²) < 4.78 is 43.4. The van der Waals surface area contributed by atoms with Gasteiger partial charge in [0.15, 0.2) is 0 Å².